The lowest BCUT2D eigenvalue weighted by molar-refractivity contribution is 0.170. The normalized spacial score (nSPS) is 17.0. The molecule has 0 saturated carbocycles. The Morgan fingerprint density at radius 3 is 2.35 bits per heavy atom. The van der Waals surface area contributed by atoms with Crippen LogP contribution in [0.2, 0.25) is 0 Å². The third kappa shape index (κ3) is 3.40. The smallest absolute Gasteiger partial charge is 0.243 e. The minimum Gasteiger partial charge on any atom is -0.465 e. The summed E-state index contributed by atoms with van der Waals surface area (Å²) in [7, 11) is -3.46. The van der Waals surface area contributed by atoms with Gasteiger partial charge in [0.05, 0.1) is 11.4 Å². The standard InChI is InChI=1S/C20H22N2O3S/c1-16-6-8-19(25-16)15-21-10-12-22(13-11-21)26(23,24)20-9-7-17-4-2-3-5-18(17)14-20/h2-9,14H,10-13,15H2,1H3. The minimum absolute atomic E-state index is 0.367. The van der Waals surface area contributed by atoms with Crippen LogP contribution in [0.5, 0.6) is 0 Å². The van der Waals surface area contributed by atoms with E-state index in [1.54, 1.807) is 16.4 Å². The molecule has 0 atom stereocenters. The highest BCUT2D eigenvalue weighted by Gasteiger charge is 2.28. The summed E-state index contributed by atoms with van der Waals surface area (Å²) in [5, 5.41) is 1.99. The molecule has 1 aromatic heterocycles. The summed E-state index contributed by atoms with van der Waals surface area (Å²) in [6, 6.07) is 17.1. The Morgan fingerprint density at radius 2 is 1.65 bits per heavy atom. The number of hydrogen-bond donors (Lipinski definition) is 0. The van der Waals surface area contributed by atoms with E-state index in [4.69, 9.17) is 4.42 Å². The van der Waals surface area contributed by atoms with Crippen LogP contribution in [0.3, 0.4) is 0 Å². The summed E-state index contributed by atoms with van der Waals surface area (Å²) in [6.45, 7) is 5.04. The summed E-state index contributed by atoms with van der Waals surface area (Å²) in [4.78, 5) is 2.59. The molecule has 6 heteroatoms. The molecule has 0 radical (unpaired) electrons. The second kappa shape index (κ2) is 6.87. The second-order valence-electron chi connectivity index (χ2n) is 6.70. The lowest BCUT2D eigenvalue weighted by Gasteiger charge is -2.33. The van der Waals surface area contributed by atoms with Gasteiger partial charge in [-0.05, 0) is 42.0 Å². The Labute approximate surface area is 153 Å². The van der Waals surface area contributed by atoms with E-state index in [0.717, 1.165) is 28.8 Å². The maximum absolute atomic E-state index is 13.0. The van der Waals surface area contributed by atoms with Crippen LogP contribution in [-0.4, -0.2) is 43.8 Å². The van der Waals surface area contributed by atoms with Crippen LogP contribution in [0.25, 0.3) is 10.8 Å². The van der Waals surface area contributed by atoms with E-state index in [2.05, 4.69) is 4.90 Å². The molecule has 5 nitrogen and oxygen atoms in total. The highest BCUT2D eigenvalue weighted by Crippen LogP contribution is 2.23. The molecular formula is C20H22N2O3S. The SMILES string of the molecule is Cc1ccc(CN2CCN(S(=O)(=O)c3ccc4ccccc4c3)CC2)o1. The Kier molecular flexibility index (Phi) is 4.56. The van der Waals surface area contributed by atoms with Crippen molar-refractivity contribution >= 4 is 20.8 Å². The van der Waals surface area contributed by atoms with Crippen molar-refractivity contribution in [3.63, 3.8) is 0 Å². The van der Waals surface area contributed by atoms with Gasteiger partial charge in [0.1, 0.15) is 11.5 Å². The third-order valence-electron chi connectivity index (χ3n) is 4.87. The Morgan fingerprint density at radius 1 is 0.923 bits per heavy atom. The fraction of sp³-hybridized carbons (Fsp3) is 0.300. The van der Waals surface area contributed by atoms with Crippen molar-refractivity contribution in [3.05, 3.63) is 66.1 Å². The molecule has 136 valence electrons. The lowest BCUT2D eigenvalue weighted by atomic mass is 10.1. The first kappa shape index (κ1) is 17.3. The minimum atomic E-state index is -3.46. The van der Waals surface area contributed by atoms with Crippen LogP contribution in [0.1, 0.15) is 11.5 Å². The predicted octanol–water partition coefficient (Wildman–Crippen LogP) is 3.25. The van der Waals surface area contributed by atoms with Gasteiger partial charge in [0, 0.05) is 26.2 Å². The summed E-state index contributed by atoms with van der Waals surface area (Å²) in [5.41, 5.74) is 0. The first-order valence-corrected chi connectivity index (χ1v) is 10.2. The zero-order chi connectivity index (χ0) is 18.1. The highest BCUT2D eigenvalue weighted by atomic mass is 32.2. The summed E-state index contributed by atoms with van der Waals surface area (Å²) >= 11 is 0. The third-order valence-corrected chi connectivity index (χ3v) is 6.76. The van der Waals surface area contributed by atoms with Gasteiger partial charge in [0.25, 0.3) is 0 Å². The molecule has 1 aliphatic rings. The van der Waals surface area contributed by atoms with Gasteiger partial charge < -0.3 is 4.42 Å². The Hall–Kier alpha value is -2.15. The fourth-order valence-corrected chi connectivity index (χ4v) is 4.85. The molecule has 1 fully saturated rings. The maximum atomic E-state index is 13.0. The van der Waals surface area contributed by atoms with Gasteiger partial charge in [-0.15, -0.1) is 0 Å². The number of sulfonamides is 1. The number of nitrogens with zero attached hydrogens (tertiary/aromatic N) is 2. The van der Waals surface area contributed by atoms with Crippen LogP contribution in [0.4, 0.5) is 0 Å². The number of benzene rings is 2. The van der Waals surface area contributed by atoms with Gasteiger partial charge in [0.15, 0.2) is 0 Å². The van der Waals surface area contributed by atoms with Crippen molar-refractivity contribution in [1.82, 2.24) is 9.21 Å². The zero-order valence-corrected chi connectivity index (χ0v) is 15.6. The zero-order valence-electron chi connectivity index (χ0n) is 14.8. The van der Waals surface area contributed by atoms with Gasteiger partial charge in [-0.1, -0.05) is 30.3 Å². The fourth-order valence-electron chi connectivity index (χ4n) is 3.40. The second-order valence-corrected chi connectivity index (χ2v) is 8.64. The van der Waals surface area contributed by atoms with Crippen LogP contribution < -0.4 is 0 Å². The molecule has 2 heterocycles. The molecule has 0 aliphatic carbocycles. The van der Waals surface area contributed by atoms with Crippen molar-refractivity contribution in [3.8, 4) is 0 Å². The number of hydrogen-bond acceptors (Lipinski definition) is 4. The molecule has 0 N–H and O–H groups in total. The van der Waals surface area contributed by atoms with Gasteiger partial charge in [-0.25, -0.2) is 8.42 Å². The molecular weight excluding hydrogens is 348 g/mol. The number of piperazine rings is 1. The monoisotopic (exact) mass is 370 g/mol. The number of furan rings is 1. The molecule has 0 amide bonds. The van der Waals surface area contributed by atoms with Crippen LogP contribution in [0.15, 0.2) is 63.9 Å². The van der Waals surface area contributed by atoms with Crippen LogP contribution in [0, 0.1) is 6.92 Å². The molecule has 3 aromatic rings. The largest absolute Gasteiger partial charge is 0.465 e. The van der Waals surface area contributed by atoms with Crippen molar-refractivity contribution in [2.24, 2.45) is 0 Å². The lowest BCUT2D eigenvalue weighted by Crippen LogP contribution is -2.48. The van der Waals surface area contributed by atoms with E-state index in [0.29, 0.717) is 31.1 Å². The number of aryl methyl sites for hydroxylation is 1. The molecule has 26 heavy (non-hydrogen) atoms. The molecule has 0 bridgehead atoms. The summed E-state index contributed by atoms with van der Waals surface area (Å²) < 4.78 is 33.2. The maximum Gasteiger partial charge on any atom is 0.243 e. The van der Waals surface area contributed by atoms with Crippen molar-refractivity contribution in [2.45, 2.75) is 18.4 Å². The summed E-state index contributed by atoms with van der Waals surface area (Å²) in [6.07, 6.45) is 0. The van der Waals surface area contributed by atoms with Crippen LogP contribution in [-0.2, 0) is 16.6 Å². The highest BCUT2D eigenvalue weighted by molar-refractivity contribution is 7.89. The Balaban J connectivity index is 1.46. The quantitative estimate of drug-likeness (QED) is 0.707. The molecule has 0 unspecified atom stereocenters. The van der Waals surface area contributed by atoms with Crippen molar-refractivity contribution in [1.29, 1.82) is 0 Å². The van der Waals surface area contributed by atoms with E-state index in [1.807, 2.05) is 49.4 Å². The van der Waals surface area contributed by atoms with Gasteiger partial charge in [-0.3, -0.25) is 4.90 Å². The van der Waals surface area contributed by atoms with Gasteiger partial charge >= 0.3 is 0 Å². The van der Waals surface area contributed by atoms with E-state index >= 15 is 0 Å². The van der Waals surface area contributed by atoms with Gasteiger partial charge in [-0.2, -0.15) is 4.31 Å². The first-order chi connectivity index (χ1) is 12.5. The number of fused-ring (bicyclic) bond motifs is 1. The Bertz CT molecular complexity index is 1020. The molecule has 1 aliphatic heterocycles. The van der Waals surface area contributed by atoms with Crippen molar-refractivity contribution < 1.29 is 12.8 Å². The molecule has 0 spiro atoms. The molecule has 1 saturated heterocycles. The topological polar surface area (TPSA) is 53.8 Å². The molecule has 4 rings (SSSR count). The molecule has 2 aromatic carbocycles. The van der Waals surface area contributed by atoms with E-state index in [1.165, 1.54) is 0 Å². The van der Waals surface area contributed by atoms with E-state index in [9.17, 15) is 8.42 Å². The average molecular weight is 370 g/mol. The van der Waals surface area contributed by atoms with Crippen LogP contribution >= 0.6 is 0 Å². The summed E-state index contributed by atoms with van der Waals surface area (Å²) in [5.74, 6) is 1.82. The van der Waals surface area contributed by atoms with E-state index < -0.39 is 10.0 Å². The van der Waals surface area contributed by atoms with Crippen molar-refractivity contribution in [2.75, 3.05) is 26.2 Å². The number of rotatable bonds is 4. The average Bonchev–Trinajstić information content (AvgIpc) is 3.06. The van der Waals surface area contributed by atoms with E-state index in [-0.39, 0.29) is 0 Å². The first-order valence-electron chi connectivity index (χ1n) is 8.79. The van der Waals surface area contributed by atoms with Gasteiger partial charge in [0.2, 0.25) is 10.0 Å². The predicted molar refractivity (Wildman–Crippen MR) is 101 cm³/mol.